The fourth-order valence-corrected chi connectivity index (χ4v) is 7.44. The molecule has 1 saturated heterocycles. The maximum Gasteiger partial charge on any atom is 0.310 e. The molecular weight excluding hydrogens is 510 g/mol. The van der Waals surface area contributed by atoms with E-state index in [1.165, 1.54) is 6.07 Å². The number of primary amides is 1. The number of amides is 2. The summed E-state index contributed by atoms with van der Waals surface area (Å²) in [5, 5.41) is 18.3. The fourth-order valence-electron chi connectivity index (χ4n) is 5.59. The molecule has 2 aliphatic carbocycles. The van der Waals surface area contributed by atoms with E-state index < -0.39 is 92.3 Å². The first-order valence-electron chi connectivity index (χ1n) is 10.7. The van der Waals surface area contributed by atoms with Gasteiger partial charge in [-0.15, -0.1) is 0 Å². The first-order valence-corrected chi connectivity index (χ1v) is 12.6. The van der Waals surface area contributed by atoms with Gasteiger partial charge in [0.05, 0.1) is 34.2 Å². The van der Waals surface area contributed by atoms with Gasteiger partial charge in [-0.3, -0.25) is 14.4 Å². The summed E-state index contributed by atoms with van der Waals surface area (Å²) in [6.07, 6.45) is -0.920. The van der Waals surface area contributed by atoms with Crippen molar-refractivity contribution in [2.75, 3.05) is 13.1 Å². The van der Waals surface area contributed by atoms with Crippen LogP contribution in [0.1, 0.15) is 25.7 Å². The van der Waals surface area contributed by atoms with Crippen LogP contribution in [0.2, 0.25) is 5.02 Å². The molecule has 1 aliphatic heterocycles. The van der Waals surface area contributed by atoms with Crippen molar-refractivity contribution in [3.8, 4) is 6.07 Å². The Hall–Kier alpha value is -2.85. The zero-order chi connectivity index (χ0) is 26.0. The van der Waals surface area contributed by atoms with Crippen molar-refractivity contribution in [1.82, 2.24) is 9.88 Å². The molecule has 188 valence electrons. The lowest BCUT2D eigenvalue weighted by molar-refractivity contribution is -0.160. The number of sulfone groups is 1. The minimum atomic E-state index is -4.29. The average Bonchev–Trinajstić information content (AvgIpc) is 3.23. The Morgan fingerprint density at radius 1 is 1.29 bits per heavy atom. The van der Waals surface area contributed by atoms with E-state index in [0.717, 1.165) is 17.2 Å². The third kappa shape index (κ3) is 3.83. The van der Waals surface area contributed by atoms with Crippen LogP contribution in [0.5, 0.6) is 0 Å². The zero-order valence-corrected chi connectivity index (χ0v) is 19.7. The second-order valence-corrected chi connectivity index (χ2v) is 12.0. The number of pyridine rings is 1. The topological polar surface area (TPSA) is 172 Å². The number of aromatic nitrogens is 1. The van der Waals surface area contributed by atoms with Crippen LogP contribution in [0.15, 0.2) is 23.4 Å². The molecule has 2 saturated carbocycles. The van der Waals surface area contributed by atoms with Gasteiger partial charge in [-0.2, -0.15) is 5.26 Å². The molecule has 1 aromatic heterocycles. The van der Waals surface area contributed by atoms with Crippen LogP contribution in [0, 0.1) is 34.0 Å². The number of carbonyl (C=O) groups excluding carboxylic acids is 2. The van der Waals surface area contributed by atoms with Crippen molar-refractivity contribution >= 4 is 39.2 Å². The Labute approximate surface area is 204 Å². The van der Waals surface area contributed by atoms with Crippen molar-refractivity contribution < 1.29 is 36.7 Å². The van der Waals surface area contributed by atoms with Gasteiger partial charge in [0.1, 0.15) is 5.41 Å². The molecule has 0 spiro atoms. The molecule has 0 aromatic carbocycles. The molecule has 3 fully saturated rings. The van der Waals surface area contributed by atoms with Gasteiger partial charge < -0.3 is 15.7 Å². The number of carbonyl (C=O) groups is 3. The molecule has 3 aliphatic rings. The molecule has 10 nitrogen and oxygen atoms in total. The molecule has 0 radical (unpaired) electrons. The smallest absolute Gasteiger partial charge is 0.310 e. The van der Waals surface area contributed by atoms with Crippen LogP contribution in [-0.4, -0.2) is 65.5 Å². The van der Waals surface area contributed by atoms with E-state index in [1.807, 2.05) is 0 Å². The van der Waals surface area contributed by atoms with Gasteiger partial charge in [-0.25, -0.2) is 22.2 Å². The van der Waals surface area contributed by atoms with Gasteiger partial charge in [0.25, 0.3) is 5.92 Å². The van der Waals surface area contributed by atoms with Gasteiger partial charge in [0, 0.05) is 25.1 Å². The third-order valence-electron chi connectivity index (χ3n) is 7.52. The molecule has 2 unspecified atom stereocenters. The Morgan fingerprint density at radius 3 is 2.43 bits per heavy atom. The first-order chi connectivity index (χ1) is 16.2. The van der Waals surface area contributed by atoms with Gasteiger partial charge in [-0.05, 0) is 31.4 Å². The highest BCUT2D eigenvalue weighted by Gasteiger charge is 2.76. The highest BCUT2D eigenvalue weighted by atomic mass is 35.5. The van der Waals surface area contributed by atoms with Crippen LogP contribution in [0.3, 0.4) is 0 Å². The normalized spacial score (nSPS) is 33.8. The number of rotatable bonds is 6. The second kappa shape index (κ2) is 8.09. The highest BCUT2D eigenvalue weighted by Crippen LogP contribution is 2.68. The molecular formula is C21H21ClF2N4O6S. The fraction of sp³-hybridized carbons (Fsp3) is 0.571. The standard InChI is InChI=1S/C21H21ClF2N4O6S/c22-11-1-2-15(27-8-11)35(33,34)12-5-13(16(29)28-4-3-20(23,24)10-28)21(6-12,18(31)32)14-7-19(14,9-25)17(26)30/h1-2,8,12-14H,3-7,10H2,(H2,26,30)(H,31,32)/t12-,13+,14?,19?,21+/m1/s1. The molecule has 1 aromatic rings. The average molecular weight is 531 g/mol. The summed E-state index contributed by atoms with van der Waals surface area (Å²) in [6.45, 7) is -1.27. The largest absolute Gasteiger partial charge is 0.481 e. The van der Waals surface area contributed by atoms with Crippen molar-refractivity contribution in [3.05, 3.63) is 23.4 Å². The quantitative estimate of drug-likeness (QED) is 0.552. The summed E-state index contributed by atoms with van der Waals surface area (Å²) in [4.78, 5) is 42.8. The number of likely N-dealkylation sites (tertiary alicyclic amines) is 1. The van der Waals surface area contributed by atoms with E-state index in [-0.39, 0.29) is 18.0 Å². The number of alkyl halides is 2. The summed E-state index contributed by atoms with van der Waals surface area (Å²) in [7, 11) is -4.29. The summed E-state index contributed by atoms with van der Waals surface area (Å²) in [6, 6.07) is 4.15. The molecule has 14 heteroatoms. The third-order valence-corrected chi connectivity index (χ3v) is 9.80. The number of hydrogen-bond donors (Lipinski definition) is 2. The molecule has 4 rings (SSSR count). The van der Waals surface area contributed by atoms with Crippen molar-refractivity contribution in [1.29, 1.82) is 5.26 Å². The van der Waals surface area contributed by atoms with E-state index in [4.69, 9.17) is 17.3 Å². The molecule has 2 heterocycles. The van der Waals surface area contributed by atoms with Crippen LogP contribution in [0.25, 0.3) is 0 Å². The number of halogens is 3. The molecule has 35 heavy (non-hydrogen) atoms. The Bertz CT molecular complexity index is 1250. The number of carboxylic acid groups (broad SMARTS) is 1. The van der Waals surface area contributed by atoms with Crippen molar-refractivity contribution in [3.63, 3.8) is 0 Å². The van der Waals surface area contributed by atoms with Gasteiger partial charge in [0.15, 0.2) is 14.9 Å². The number of nitriles is 1. The number of carboxylic acids is 1. The van der Waals surface area contributed by atoms with Gasteiger partial charge >= 0.3 is 5.97 Å². The monoisotopic (exact) mass is 530 g/mol. The Kier molecular flexibility index (Phi) is 5.84. The number of nitrogens with two attached hydrogens (primary N) is 1. The van der Waals surface area contributed by atoms with E-state index in [9.17, 15) is 42.0 Å². The molecule has 3 N–H and O–H groups in total. The van der Waals surface area contributed by atoms with E-state index in [2.05, 4.69) is 4.98 Å². The molecule has 0 bridgehead atoms. The zero-order valence-electron chi connectivity index (χ0n) is 18.2. The SMILES string of the molecule is N#CC1(C(N)=O)CC1[C@]1(C(=O)O)C[C@H](S(=O)(=O)c2ccc(Cl)cn2)C[C@H]1C(=O)N1CCC(F)(F)C1. The molecule has 5 atom stereocenters. The maximum absolute atomic E-state index is 13.8. The molecule has 2 amide bonds. The Balaban J connectivity index is 1.79. The number of aliphatic carboxylic acids is 1. The van der Waals surface area contributed by atoms with Crippen LogP contribution in [0.4, 0.5) is 8.78 Å². The van der Waals surface area contributed by atoms with Gasteiger partial charge in [0.2, 0.25) is 11.8 Å². The highest BCUT2D eigenvalue weighted by molar-refractivity contribution is 7.92. The predicted octanol–water partition coefficient (Wildman–Crippen LogP) is 1.24. The maximum atomic E-state index is 13.8. The summed E-state index contributed by atoms with van der Waals surface area (Å²) < 4.78 is 54.4. The second-order valence-electron chi connectivity index (χ2n) is 9.39. The van der Waals surface area contributed by atoms with Crippen LogP contribution in [-0.2, 0) is 24.2 Å². The van der Waals surface area contributed by atoms with Crippen LogP contribution >= 0.6 is 11.6 Å². The van der Waals surface area contributed by atoms with Crippen LogP contribution < -0.4 is 5.73 Å². The first kappa shape index (κ1) is 25.2. The van der Waals surface area contributed by atoms with E-state index in [1.54, 1.807) is 6.07 Å². The lowest BCUT2D eigenvalue weighted by atomic mass is 9.70. The van der Waals surface area contributed by atoms with Crippen molar-refractivity contribution in [2.45, 2.75) is 41.9 Å². The minimum absolute atomic E-state index is 0.163. The number of hydrogen-bond acceptors (Lipinski definition) is 7. The van der Waals surface area contributed by atoms with Gasteiger partial charge in [-0.1, -0.05) is 11.6 Å². The lowest BCUT2D eigenvalue weighted by Gasteiger charge is -2.34. The Morgan fingerprint density at radius 2 is 1.97 bits per heavy atom. The summed E-state index contributed by atoms with van der Waals surface area (Å²) in [5.41, 5.74) is 1.30. The summed E-state index contributed by atoms with van der Waals surface area (Å²) in [5.74, 6) is -9.62. The predicted molar refractivity (Wildman–Crippen MR) is 115 cm³/mol. The minimum Gasteiger partial charge on any atom is -0.481 e. The summed E-state index contributed by atoms with van der Waals surface area (Å²) >= 11 is 5.77. The van der Waals surface area contributed by atoms with Crippen molar-refractivity contribution in [2.24, 2.45) is 28.4 Å². The van der Waals surface area contributed by atoms with E-state index in [0.29, 0.717) is 0 Å². The lowest BCUT2D eigenvalue weighted by Crippen LogP contribution is -2.48. The van der Waals surface area contributed by atoms with E-state index >= 15 is 0 Å². The number of nitrogens with zero attached hydrogens (tertiary/aromatic N) is 3.